The van der Waals surface area contributed by atoms with Crippen LogP contribution in [0.3, 0.4) is 0 Å². The summed E-state index contributed by atoms with van der Waals surface area (Å²) in [5.41, 5.74) is 2.89. The van der Waals surface area contributed by atoms with Gasteiger partial charge in [0, 0.05) is 23.7 Å². The van der Waals surface area contributed by atoms with Crippen LogP contribution in [0, 0.1) is 6.92 Å². The van der Waals surface area contributed by atoms with Crippen molar-refractivity contribution in [3.05, 3.63) is 30.2 Å². The first-order valence-electron chi connectivity index (χ1n) is 6.42. The Hall–Kier alpha value is -2.37. The van der Waals surface area contributed by atoms with Crippen molar-refractivity contribution in [3.63, 3.8) is 0 Å². The van der Waals surface area contributed by atoms with Crippen LogP contribution in [0.15, 0.2) is 29.0 Å². The number of carbonyl (C=O) groups is 1. The van der Waals surface area contributed by atoms with Crippen LogP contribution in [0.4, 0.5) is 5.69 Å². The maximum atomic E-state index is 10.5. The number of anilines is 1. The number of aliphatic carboxylic acids is 1. The van der Waals surface area contributed by atoms with Gasteiger partial charge in [0.1, 0.15) is 0 Å². The van der Waals surface area contributed by atoms with E-state index in [0.29, 0.717) is 12.3 Å². The van der Waals surface area contributed by atoms with E-state index in [0.717, 1.165) is 16.8 Å². The molecule has 0 fully saturated rings. The topological polar surface area (TPSA) is 88.3 Å². The normalized spacial score (nSPS) is 12.1. The van der Waals surface area contributed by atoms with Gasteiger partial charge in [-0.3, -0.25) is 4.79 Å². The molecule has 1 atom stereocenters. The molecule has 2 N–H and O–H groups in total. The molecule has 1 heterocycles. The number of carboxylic acids is 1. The number of nitrogens with one attached hydrogen (secondary N) is 1. The zero-order chi connectivity index (χ0) is 14.5. The van der Waals surface area contributed by atoms with Crippen LogP contribution >= 0.6 is 0 Å². The largest absolute Gasteiger partial charge is 0.481 e. The summed E-state index contributed by atoms with van der Waals surface area (Å²) in [5, 5.41) is 19.5. The lowest BCUT2D eigenvalue weighted by molar-refractivity contribution is -0.137. The van der Waals surface area contributed by atoms with Gasteiger partial charge in [0.25, 0.3) is 0 Å². The molecule has 20 heavy (non-hydrogen) atoms. The van der Waals surface area contributed by atoms with Crippen LogP contribution < -0.4 is 5.32 Å². The third kappa shape index (κ3) is 3.57. The zero-order valence-electron chi connectivity index (χ0n) is 11.5. The lowest BCUT2D eigenvalue weighted by Crippen LogP contribution is -2.17. The molecule has 1 unspecified atom stereocenters. The van der Waals surface area contributed by atoms with Crippen molar-refractivity contribution in [1.29, 1.82) is 0 Å². The van der Waals surface area contributed by atoms with Crippen LogP contribution in [-0.4, -0.2) is 27.3 Å². The third-order valence-electron chi connectivity index (χ3n) is 3.03. The van der Waals surface area contributed by atoms with Crippen molar-refractivity contribution in [2.45, 2.75) is 32.7 Å². The quantitative estimate of drug-likeness (QED) is 0.842. The second-order valence-corrected chi connectivity index (χ2v) is 4.75. The van der Waals surface area contributed by atoms with Gasteiger partial charge >= 0.3 is 5.97 Å². The average molecular weight is 275 g/mol. The second-order valence-electron chi connectivity index (χ2n) is 4.75. The van der Waals surface area contributed by atoms with E-state index in [2.05, 4.69) is 15.5 Å². The van der Waals surface area contributed by atoms with E-state index in [9.17, 15) is 4.79 Å². The zero-order valence-corrected chi connectivity index (χ0v) is 11.5. The highest BCUT2D eigenvalue weighted by molar-refractivity contribution is 5.67. The Morgan fingerprint density at radius 2 is 2.30 bits per heavy atom. The molecule has 6 nitrogen and oxygen atoms in total. The molecule has 0 saturated carbocycles. The van der Waals surface area contributed by atoms with E-state index in [1.54, 1.807) is 0 Å². The van der Waals surface area contributed by atoms with Crippen LogP contribution in [0.2, 0.25) is 0 Å². The van der Waals surface area contributed by atoms with Gasteiger partial charge in [-0.1, -0.05) is 0 Å². The third-order valence-corrected chi connectivity index (χ3v) is 3.03. The summed E-state index contributed by atoms with van der Waals surface area (Å²) < 4.78 is 5.15. The van der Waals surface area contributed by atoms with E-state index in [4.69, 9.17) is 9.52 Å². The van der Waals surface area contributed by atoms with E-state index < -0.39 is 5.97 Å². The van der Waals surface area contributed by atoms with Crippen molar-refractivity contribution in [2.75, 3.05) is 5.32 Å². The summed E-state index contributed by atoms with van der Waals surface area (Å²) >= 11 is 0. The summed E-state index contributed by atoms with van der Waals surface area (Å²) in [6.07, 6.45) is 2.04. The summed E-state index contributed by atoms with van der Waals surface area (Å²) in [4.78, 5) is 10.5. The molecule has 106 valence electrons. The Bertz CT molecular complexity index is 581. The van der Waals surface area contributed by atoms with Crippen molar-refractivity contribution in [1.82, 2.24) is 10.2 Å². The number of hydrogen-bond donors (Lipinski definition) is 2. The summed E-state index contributed by atoms with van der Waals surface area (Å²) in [5.74, 6) is -0.291. The first-order chi connectivity index (χ1) is 9.56. The van der Waals surface area contributed by atoms with E-state index in [1.165, 1.54) is 6.39 Å². The minimum absolute atomic E-state index is 0.0963. The number of benzene rings is 1. The maximum Gasteiger partial charge on any atom is 0.303 e. The Kier molecular flexibility index (Phi) is 4.34. The van der Waals surface area contributed by atoms with E-state index >= 15 is 0 Å². The summed E-state index contributed by atoms with van der Waals surface area (Å²) in [6.45, 7) is 3.94. The highest BCUT2D eigenvalue weighted by Crippen LogP contribution is 2.24. The highest BCUT2D eigenvalue weighted by Gasteiger charge is 2.09. The van der Waals surface area contributed by atoms with Gasteiger partial charge in [-0.25, -0.2) is 0 Å². The molecule has 0 bridgehead atoms. The maximum absolute atomic E-state index is 10.5. The van der Waals surface area contributed by atoms with Gasteiger partial charge in [0.05, 0.1) is 0 Å². The molecule has 0 aliphatic carbocycles. The Morgan fingerprint density at radius 3 is 2.90 bits per heavy atom. The Labute approximate surface area is 116 Å². The number of aromatic nitrogens is 2. The smallest absolute Gasteiger partial charge is 0.303 e. The van der Waals surface area contributed by atoms with E-state index in [-0.39, 0.29) is 12.5 Å². The molecular weight excluding hydrogens is 258 g/mol. The lowest BCUT2D eigenvalue weighted by atomic mass is 10.1. The first-order valence-corrected chi connectivity index (χ1v) is 6.42. The van der Waals surface area contributed by atoms with Gasteiger partial charge in [-0.2, -0.15) is 0 Å². The molecule has 0 amide bonds. The monoisotopic (exact) mass is 275 g/mol. The molecule has 2 aromatic rings. The highest BCUT2D eigenvalue weighted by atomic mass is 16.4. The van der Waals surface area contributed by atoms with Crippen LogP contribution in [0.1, 0.15) is 25.3 Å². The number of aryl methyl sites for hydroxylation is 1. The predicted molar refractivity (Wildman–Crippen MR) is 74.4 cm³/mol. The number of hydrogen-bond acceptors (Lipinski definition) is 5. The molecule has 6 heteroatoms. The molecule has 1 aromatic carbocycles. The number of rotatable bonds is 6. The van der Waals surface area contributed by atoms with Crippen molar-refractivity contribution in [3.8, 4) is 11.5 Å². The standard InChI is InChI=1S/C14H17N3O3/c1-9-7-11(14-17-15-8-20-14)4-5-12(9)16-10(2)3-6-13(18)19/h4-5,7-8,10,16H,3,6H2,1-2H3,(H,18,19). The molecule has 0 aliphatic rings. The molecule has 0 spiro atoms. The van der Waals surface area contributed by atoms with Gasteiger partial charge in [0.2, 0.25) is 12.3 Å². The molecule has 0 aliphatic heterocycles. The van der Waals surface area contributed by atoms with Gasteiger partial charge in [-0.05, 0) is 44.0 Å². The molecule has 0 saturated heterocycles. The minimum Gasteiger partial charge on any atom is -0.481 e. The van der Waals surface area contributed by atoms with Crippen molar-refractivity contribution in [2.24, 2.45) is 0 Å². The van der Waals surface area contributed by atoms with Crippen LogP contribution in [0.5, 0.6) is 0 Å². The van der Waals surface area contributed by atoms with Gasteiger partial charge < -0.3 is 14.8 Å². The SMILES string of the molecule is Cc1cc(-c2nnco2)ccc1NC(C)CCC(=O)O. The van der Waals surface area contributed by atoms with Gasteiger partial charge in [0.15, 0.2) is 0 Å². The fourth-order valence-corrected chi connectivity index (χ4v) is 1.94. The Balaban J connectivity index is 2.04. The fraction of sp³-hybridized carbons (Fsp3) is 0.357. The molecule has 1 aromatic heterocycles. The van der Waals surface area contributed by atoms with Crippen molar-refractivity contribution >= 4 is 11.7 Å². The summed E-state index contributed by atoms with van der Waals surface area (Å²) in [7, 11) is 0. The average Bonchev–Trinajstić information content (AvgIpc) is 2.92. The number of carboxylic acid groups (broad SMARTS) is 1. The second kappa shape index (κ2) is 6.18. The van der Waals surface area contributed by atoms with Gasteiger partial charge in [-0.15, -0.1) is 10.2 Å². The lowest BCUT2D eigenvalue weighted by Gasteiger charge is -2.16. The molecule has 2 rings (SSSR count). The molecule has 0 radical (unpaired) electrons. The minimum atomic E-state index is -0.776. The first kappa shape index (κ1) is 14.0. The molecular formula is C14H17N3O3. The van der Waals surface area contributed by atoms with Crippen LogP contribution in [-0.2, 0) is 4.79 Å². The van der Waals surface area contributed by atoms with Crippen LogP contribution in [0.25, 0.3) is 11.5 Å². The number of nitrogens with zero attached hydrogens (tertiary/aromatic N) is 2. The summed E-state index contributed by atoms with van der Waals surface area (Å²) in [6, 6.07) is 5.89. The van der Waals surface area contributed by atoms with E-state index in [1.807, 2.05) is 32.0 Å². The van der Waals surface area contributed by atoms with Crippen molar-refractivity contribution < 1.29 is 14.3 Å². The predicted octanol–water partition coefficient (Wildman–Crippen LogP) is 2.71. The Morgan fingerprint density at radius 1 is 1.50 bits per heavy atom. The fourth-order valence-electron chi connectivity index (χ4n) is 1.94.